The maximum atomic E-state index is 12.3. The molecule has 0 aromatic carbocycles. The Kier molecular flexibility index (Phi) is 4.43. The van der Waals surface area contributed by atoms with Crippen molar-refractivity contribution in [3.05, 3.63) is 0 Å². The molecule has 1 amide bonds. The smallest absolute Gasteiger partial charge is 0.239 e. The van der Waals surface area contributed by atoms with Gasteiger partial charge in [0, 0.05) is 12.6 Å². The van der Waals surface area contributed by atoms with Crippen molar-refractivity contribution in [3.8, 4) is 0 Å². The van der Waals surface area contributed by atoms with Gasteiger partial charge in [-0.25, -0.2) is 0 Å². The van der Waals surface area contributed by atoms with Crippen LogP contribution in [0.15, 0.2) is 0 Å². The van der Waals surface area contributed by atoms with Gasteiger partial charge in [0.2, 0.25) is 5.91 Å². The average Bonchev–Trinajstić information content (AvgIpc) is 2.37. The zero-order chi connectivity index (χ0) is 12.3. The Morgan fingerprint density at radius 3 is 2.76 bits per heavy atom. The Balaban J connectivity index is 2.00. The number of amides is 1. The first kappa shape index (κ1) is 12.9. The number of likely N-dealkylation sites (tertiary alicyclic amines) is 1. The van der Waals surface area contributed by atoms with Gasteiger partial charge in [-0.05, 0) is 38.0 Å². The highest BCUT2D eigenvalue weighted by Crippen LogP contribution is 2.35. The van der Waals surface area contributed by atoms with Crippen molar-refractivity contribution in [1.82, 2.24) is 4.90 Å². The van der Waals surface area contributed by atoms with Gasteiger partial charge in [-0.1, -0.05) is 26.2 Å². The number of carbonyl (C=O) groups is 1. The van der Waals surface area contributed by atoms with Gasteiger partial charge in [0.05, 0.1) is 6.04 Å². The molecule has 17 heavy (non-hydrogen) atoms. The molecule has 3 nitrogen and oxygen atoms in total. The van der Waals surface area contributed by atoms with Crippen LogP contribution in [0.5, 0.6) is 0 Å². The molecule has 0 radical (unpaired) electrons. The maximum absolute atomic E-state index is 12.3. The van der Waals surface area contributed by atoms with Gasteiger partial charge in [-0.3, -0.25) is 4.79 Å². The molecule has 2 N–H and O–H groups in total. The topological polar surface area (TPSA) is 46.3 Å². The van der Waals surface area contributed by atoms with Crippen LogP contribution < -0.4 is 5.73 Å². The Morgan fingerprint density at radius 2 is 2.00 bits per heavy atom. The number of hydrogen-bond acceptors (Lipinski definition) is 2. The second-order valence-corrected chi connectivity index (χ2v) is 5.68. The van der Waals surface area contributed by atoms with E-state index in [1.54, 1.807) is 0 Å². The third kappa shape index (κ3) is 2.82. The van der Waals surface area contributed by atoms with Gasteiger partial charge in [-0.2, -0.15) is 0 Å². The standard InChI is InChI=1S/C14H26N2O/c1-2-6-12(15)14(17)16-10-5-8-11-7-3-4-9-13(11)16/h11-13H,2-10,15H2,1H3/t11-,12+,13-/m1/s1. The molecule has 1 saturated heterocycles. The van der Waals surface area contributed by atoms with Crippen LogP contribution in [-0.4, -0.2) is 29.4 Å². The first-order chi connectivity index (χ1) is 8.24. The lowest BCUT2D eigenvalue weighted by molar-refractivity contribution is -0.139. The van der Waals surface area contributed by atoms with E-state index in [9.17, 15) is 4.79 Å². The number of carbonyl (C=O) groups excluding carboxylic acids is 1. The molecule has 2 rings (SSSR count). The van der Waals surface area contributed by atoms with Crippen LogP contribution in [0.2, 0.25) is 0 Å². The summed E-state index contributed by atoms with van der Waals surface area (Å²) in [5.41, 5.74) is 5.99. The van der Waals surface area contributed by atoms with E-state index in [1.807, 2.05) is 0 Å². The molecule has 0 aromatic heterocycles. The van der Waals surface area contributed by atoms with Crippen LogP contribution in [0.25, 0.3) is 0 Å². The minimum absolute atomic E-state index is 0.212. The van der Waals surface area contributed by atoms with Gasteiger partial charge in [0.25, 0.3) is 0 Å². The van der Waals surface area contributed by atoms with Crippen LogP contribution >= 0.6 is 0 Å². The Morgan fingerprint density at radius 1 is 1.29 bits per heavy atom. The van der Waals surface area contributed by atoms with Crippen molar-refractivity contribution in [2.24, 2.45) is 11.7 Å². The highest BCUT2D eigenvalue weighted by atomic mass is 16.2. The summed E-state index contributed by atoms with van der Waals surface area (Å²) in [6, 6.07) is 0.244. The van der Waals surface area contributed by atoms with Crippen LogP contribution in [0.3, 0.4) is 0 Å². The van der Waals surface area contributed by atoms with E-state index >= 15 is 0 Å². The zero-order valence-electron chi connectivity index (χ0n) is 11.0. The average molecular weight is 238 g/mol. The molecule has 1 heterocycles. The van der Waals surface area contributed by atoms with Crippen molar-refractivity contribution in [3.63, 3.8) is 0 Å². The molecular weight excluding hydrogens is 212 g/mol. The van der Waals surface area contributed by atoms with Gasteiger partial charge in [0.1, 0.15) is 0 Å². The van der Waals surface area contributed by atoms with E-state index in [1.165, 1.54) is 38.5 Å². The fourth-order valence-electron chi connectivity index (χ4n) is 3.55. The summed E-state index contributed by atoms with van der Waals surface area (Å²) >= 11 is 0. The molecule has 0 aromatic rings. The molecule has 1 aliphatic carbocycles. The zero-order valence-corrected chi connectivity index (χ0v) is 11.0. The van der Waals surface area contributed by atoms with E-state index in [4.69, 9.17) is 5.73 Å². The van der Waals surface area contributed by atoms with Crippen LogP contribution in [-0.2, 0) is 4.79 Å². The fourth-order valence-corrected chi connectivity index (χ4v) is 3.55. The molecule has 0 bridgehead atoms. The van der Waals surface area contributed by atoms with Crippen LogP contribution in [0.4, 0.5) is 0 Å². The minimum atomic E-state index is -0.263. The van der Waals surface area contributed by atoms with Gasteiger partial charge >= 0.3 is 0 Å². The Bertz CT molecular complexity index is 265. The summed E-state index contributed by atoms with van der Waals surface area (Å²) in [5.74, 6) is 0.971. The lowest BCUT2D eigenvalue weighted by atomic mass is 9.78. The summed E-state index contributed by atoms with van der Waals surface area (Å²) in [4.78, 5) is 14.5. The molecule has 1 saturated carbocycles. The van der Waals surface area contributed by atoms with Gasteiger partial charge in [-0.15, -0.1) is 0 Å². The molecule has 0 spiro atoms. The molecule has 3 heteroatoms. The van der Waals surface area contributed by atoms with Crippen molar-refractivity contribution >= 4 is 5.91 Å². The molecule has 98 valence electrons. The molecule has 2 aliphatic rings. The molecular formula is C14H26N2O. The monoisotopic (exact) mass is 238 g/mol. The first-order valence-electron chi connectivity index (χ1n) is 7.30. The lowest BCUT2D eigenvalue weighted by Gasteiger charge is -2.45. The molecule has 2 fully saturated rings. The summed E-state index contributed by atoms with van der Waals surface area (Å²) < 4.78 is 0. The summed E-state index contributed by atoms with van der Waals surface area (Å²) in [6.45, 7) is 3.03. The maximum Gasteiger partial charge on any atom is 0.239 e. The SMILES string of the molecule is CCC[C@H](N)C(=O)N1CCC[C@H]2CCCC[C@H]21. The normalized spacial score (nSPS) is 30.8. The van der Waals surface area contributed by atoms with Crippen molar-refractivity contribution in [1.29, 1.82) is 0 Å². The van der Waals surface area contributed by atoms with Crippen molar-refractivity contribution in [2.45, 2.75) is 70.4 Å². The predicted molar refractivity (Wildman–Crippen MR) is 69.6 cm³/mol. The van der Waals surface area contributed by atoms with Gasteiger partial charge in [0.15, 0.2) is 0 Å². The molecule has 3 atom stereocenters. The van der Waals surface area contributed by atoms with Gasteiger partial charge < -0.3 is 10.6 Å². The molecule has 1 aliphatic heterocycles. The molecule has 0 unspecified atom stereocenters. The van der Waals surface area contributed by atoms with E-state index in [0.717, 1.165) is 25.3 Å². The van der Waals surface area contributed by atoms with Crippen molar-refractivity contribution in [2.75, 3.05) is 6.54 Å². The quantitative estimate of drug-likeness (QED) is 0.820. The fraction of sp³-hybridized carbons (Fsp3) is 0.929. The summed E-state index contributed by atoms with van der Waals surface area (Å²) in [5, 5.41) is 0. The Hall–Kier alpha value is -0.570. The predicted octanol–water partition coefficient (Wildman–Crippen LogP) is 2.29. The highest BCUT2D eigenvalue weighted by molar-refractivity contribution is 5.82. The first-order valence-corrected chi connectivity index (χ1v) is 7.30. The number of piperidine rings is 1. The third-order valence-electron chi connectivity index (χ3n) is 4.44. The number of nitrogens with zero attached hydrogens (tertiary/aromatic N) is 1. The minimum Gasteiger partial charge on any atom is -0.338 e. The highest BCUT2D eigenvalue weighted by Gasteiger charge is 2.36. The van der Waals surface area contributed by atoms with Crippen molar-refractivity contribution < 1.29 is 4.79 Å². The largest absolute Gasteiger partial charge is 0.338 e. The second kappa shape index (κ2) is 5.85. The van der Waals surface area contributed by atoms with Crippen LogP contribution in [0, 0.1) is 5.92 Å². The lowest BCUT2D eigenvalue weighted by Crippen LogP contribution is -2.54. The number of rotatable bonds is 3. The van der Waals surface area contributed by atoms with Crippen LogP contribution in [0.1, 0.15) is 58.3 Å². The summed E-state index contributed by atoms with van der Waals surface area (Å²) in [6.07, 6.45) is 9.47. The van der Waals surface area contributed by atoms with E-state index < -0.39 is 0 Å². The second-order valence-electron chi connectivity index (χ2n) is 5.68. The van der Waals surface area contributed by atoms with E-state index in [-0.39, 0.29) is 11.9 Å². The van der Waals surface area contributed by atoms with E-state index in [0.29, 0.717) is 6.04 Å². The third-order valence-corrected chi connectivity index (χ3v) is 4.44. The number of fused-ring (bicyclic) bond motifs is 1. The number of hydrogen-bond donors (Lipinski definition) is 1. The summed E-state index contributed by atoms with van der Waals surface area (Å²) in [7, 11) is 0. The van der Waals surface area contributed by atoms with E-state index in [2.05, 4.69) is 11.8 Å². The Labute approximate surface area is 105 Å². The number of nitrogens with two attached hydrogens (primary N) is 1.